The summed E-state index contributed by atoms with van der Waals surface area (Å²) >= 11 is 0. The van der Waals surface area contributed by atoms with Gasteiger partial charge in [-0.3, -0.25) is 10.1 Å². The van der Waals surface area contributed by atoms with Gasteiger partial charge in [0.1, 0.15) is 13.7 Å². The van der Waals surface area contributed by atoms with Crippen LogP contribution in [-0.2, 0) is 16.1 Å². The third-order valence-electron chi connectivity index (χ3n) is 1.62. The van der Waals surface area contributed by atoms with Gasteiger partial charge in [0.05, 0.1) is 4.92 Å². The van der Waals surface area contributed by atoms with E-state index >= 15 is 0 Å². The van der Waals surface area contributed by atoms with Gasteiger partial charge in [0.2, 0.25) is 0 Å². The normalized spacial score (nSPS) is 9.40. The van der Waals surface area contributed by atoms with Crippen molar-refractivity contribution in [3.05, 3.63) is 47.1 Å². The third kappa shape index (κ3) is 3.26. The highest BCUT2D eigenvalue weighted by molar-refractivity contribution is 5.59. The summed E-state index contributed by atoms with van der Waals surface area (Å²) in [6.45, 7) is -0.00759. The number of nitrogens with zero attached hydrogens (tertiary/aromatic N) is 1. The lowest BCUT2D eigenvalue weighted by Gasteiger charge is -2.02. The number of rotatable bonds is 3. The molecule has 0 saturated carbocycles. The zero-order valence-electron chi connectivity index (χ0n) is 7.71. The van der Waals surface area contributed by atoms with Gasteiger partial charge in [0.15, 0.2) is 0 Å². The van der Waals surface area contributed by atoms with E-state index in [0.717, 1.165) is 0 Å². The second-order valence-corrected chi connectivity index (χ2v) is 2.61. The summed E-state index contributed by atoms with van der Waals surface area (Å²) in [4.78, 5) is 20.4. The number of benzene rings is 1. The van der Waals surface area contributed by atoms with Crippen LogP contribution in [-0.4, -0.2) is 11.1 Å². The Balaban J connectivity index is 2.57. The Kier molecular flexibility index (Phi) is 3.61. The van der Waals surface area contributed by atoms with Gasteiger partial charge in [-0.05, 0) is 17.7 Å². The van der Waals surface area contributed by atoms with E-state index in [1.807, 2.05) is 0 Å². The number of ether oxygens (including phenoxy) is 2. The standard InChI is InChI=1S/C9H8NO5/c1-14-9(11)15-6-7-2-4-8(5-3-7)10(12)13/h2-5H,1,6H2. The number of hydrogen-bond acceptors (Lipinski definition) is 5. The molecular formula is C9H8NO5. The second-order valence-electron chi connectivity index (χ2n) is 2.61. The van der Waals surface area contributed by atoms with Gasteiger partial charge in [-0.15, -0.1) is 0 Å². The molecule has 0 amide bonds. The van der Waals surface area contributed by atoms with Gasteiger partial charge < -0.3 is 9.47 Å². The van der Waals surface area contributed by atoms with Crippen molar-refractivity contribution in [1.29, 1.82) is 0 Å². The average molecular weight is 210 g/mol. The Morgan fingerprint density at radius 1 is 1.40 bits per heavy atom. The highest BCUT2D eigenvalue weighted by Gasteiger charge is 2.05. The molecule has 0 saturated heterocycles. The minimum absolute atomic E-state index is 0.00759. The second kappa shape index (κ2) is 4.94. The van der Waals surface area contributed by atoms with Gasteiger partial charge in [-0.1, -0.05) is 0 Å². The zero-order chi connectivity index (χ0) is 11.3. The number of non-ortho nitro benzene ring substituents is 1. The average Bonchev–Trinajstić information content (AvgIpc) is 2.26. The Labute approximate surface area is 85.6 Å². The molecule has 6 nitrogen and oxygen atoms in total. The first-order valence-corrected chi connectivity index (χ1v) is 3.95. The van der Waals surface area contributed by atoms with Crippen LogP contribution >= 0.6 is 0 Å². The van der Waals surface area contributed by atoms with E-state index in [-0.39, 0.29) is 12.3 Å². The Morgan fingerprint density at radius 3 is 2.47 bits per heavy atom. The van der Waals surface area contributed by atoms with E-state index in [9.17, 15) is 14.9 Å². The van der Waals surface area contributed by atoms with Crippen LogP contribution in [0.25, 0.3) is 0 Å². The van der Waals surface area contributed by atoms with Crippen LogP contribution in [0.2, 0.25) is 0 Å². The maximum absolute atomic E-state index is 10.5. The first-order valence-electron chi connectivity index (χ1n) is 3.95. The van der Waals surface area contributed by atoms with Crippen molar-refractivity contribution in [2.24, 2.45) is 0 Å². The van der Waals surface area contributed by atoms with Crippen LogP contribution in [0.4, 0.5) is 10.5 Å². The molecular weight excluding hydrogens is 202 g/mol. The topological polar surface area (TPSA) is 78.7 Å². The van der Waals surface area contributed by atoms with Crippen LogP contribution in [0.5, 0.6) is 0 Å². The van der Waals surface area contributed by atoms with E-state index in [0.29, 0.717) is 5.56 Å². The molecule has 1 aromatic carbocycles. The summed E-state index contributed by atoms with van der Waals surface area (Å²) in [6, 6.07) is 5.64. The number of nitro benzene ring substituents is 1. The van der Waals surface area contributed by atoms with Crippen molar-refractivity contribution in [1.82, 2.24) is 0 Å². The molecule has 0 aliphatic rings. The van der Waals surface area contributed by atoms with Gasteiger partial charge >= 0.3 is 6.16 Å². The lowest BCUT2D eigenvalue weighted by Crippen LogP contribution is -2.02. The van der Waals surface area contributed by atoms with E-state index in [1.54, 1.807) is 0 Å². The molecule has 0 atom stereocenters. The van der Waals surface area contributed by atoms with E-state index < -0.39 is 11.1 Å². The van der Waals surface area contributed by atoms with Crippen molar-refractivity contribution in [3.63, 3.8) is 0 Å². The van der Waals surface area contributed by atoms with Crippen LogP contribution in [0, 0.1) is 17.2 Å². The van der Waals surface area contributed by atoms with Crippen LogP contribution in [0.15, 0.2) is 24.3 Å². The predicted octanol–water partition coefficient (Wildman–Crippen LogP) is 2.04. The minimum atomic E-state index is -0.895. The number of carbonyl (C=O) groups is 1. The van der Waals surface area contributed by atoms with Crippen molar-refractivity contribution >= 4 is 11.8 Å². The lowest BCUT2D eigenvalue weighted by atomic mass is 10.2. The Morgan fingerprint density at radius 2 is 2.00 bits per heavy atom. The van der Waals surface area contributed by atoms with Crippen molar-refractivity contribution in [2.45, 2.75) is 6.61 Å². The number of nitro groups is 1. The Bertz CT molecular complexity index is 359. The molecule has 0 unspecified atom stereocenters. The first kappa shape index (κ1) is 11.0. The molecule has 6 heteroatoms. The molecule has 0 fully saturated rings. The van der Waals surface area contributed by atoms with Crippen molar-refractivity contribution in [3.8, 4) is 0 Å². The first-order chi connectivity index (χ1) is 7.13. The highest BCUT2D eigenvalue weighted by atomic mass is 16.7. The van der Waals surface area contributed by atoms with E-state index in [4.69, 9.17) is 0 Å². The predicted molar refractivity (Wildman–Crippen MR) is 49.7 cm³/mol. The largest absolute Gasteiger partial charge is 0.508 e. The molecule has 79 valence electrons. The van der Waals surface area contributed by atoms with E-state index in [2.05, 4.69) is 16.6 Å². The summed E-state index contributed by atoms with van der Waals surface area (Å²) in [5.41, 5.74) is 0.615. The molecule has 0 N–H and O–H groups in total. The number of carbonyl (C=O) groups excluding carboxylic acids is 1. The molecule has 0 heterocycles. The van der Waals surface area contributed by atoms with Crippen molar-refractivity contribution < 1.29 is 19.2 Å². The molecule has 1 radical (unpaired) electrons. The maximum Gasteiger partial charge on any atom is 0.508 e. The minimum Gasteiger partial charge on any atom is -0.431 e. The fraction of sp³-hybridized carbons (Fsp3) is 0.111. The SMILES string of the molecule is [CH2]OC(=O)OCc1ccc([N+](=O)[O-])cc1. The van der Waals surface area contributed by atoms with Crippen LogP contribution in [0.1, 0.15) is 5.56 Å². The maximum atomic E-state index is 10.5. The summed E-state index contributed by atoms with van der Waals surface area (Å²) < 4.78 is 8.60. The van der Waals surface area contributed by atoms with Gasteiger partial charge in [0, 0.05) is 12.1 Å². The Hall–Kier alpha value is -2.11. The zero-order valence-corrected chi connectivity index (χ0v) is 7.71. The summed E-state index contributed by atoms with van der Waals surface area (Å²) in [5.74, 6) is 0. The summed E-state index contributed by atoms with van der Waals surface area (Å²) in [5, 5.41) is 10.3. The molecule has 15 heavy (non-hydrogen) atoms. The fourth-order valence-corrected chi connectivity index (χ4v) is 0.898. The molecule has 0 bridgehead atoms. The van der Waals surface area contributed by atoms with Gasteiger partial charge in [-0.2, -0.15) is 0 Å². The van der Waals surface area contributed by atoms with Gasteiger partial charge in [0.25, 0.3) is 5.69 Å². The molecule has 0 aromatic heterocycles. The van der Waals surface area contributed by atoms with Crippen molar-refractivity contribution in [2.75, 3.05) is 0 Å². The van der Waals surface area contributed by atoms with Crippen LogP contribution < -0.4 is 0 Å². The van der Waals surface area contributed by atoms with Crippen LogP contribution in [0.3, 0.4) is 0 Å². The monoisotopic (exact) mass is 210 g/mol. The molecule has 0 aliphatic heterocycles. The third-order valence-corrected chi connectivity index (χ3v) is 1.62. The van der Waals surface area contributed by atoms with Gasteiger partial charge in [-0.25, -0.2) is 4.79 Å². The summed E-state index contributed by atoms with van der Waals surface area (Å²) in [7, 11) is 2.87. The number of hydrogen-bond donors (Lipinski definition) is 0. The fourth-order valence-electron chi connectivity index (χ4n) is 0.898. The lowest BCUT2D eigenvalue weighted by molar-refractivity contribution is -0.384. The molecule has 1 rings (SSSR count). The highest BCUT2D eigenvalue weighted by Crippen LogP contribution is 2.12. The molecule has 1 aromatic rings. The summed E-state index contributed by atoms with van der Waals surface area (Å²) in [6.07, 6.45) is -0.895. The molecule has 0 spiro atoms. The molecule has 0 aliphatic carbocycles. The smallest absolute Gasteiger partial charge is 0.431 e. The van der Waals surface area contributed by atoms with E-state index in [1.165, 1.54) is 24.3 Å². The quantitative estimate of drug-likeness (QED) is 0.433.